The highest BCUT2D eigenvalue weighted by molar-refractivity contribution is 6.02. The number of pyridine rings is 1. The molecule has 4 aromatic rings. The van der Waals surface area contributed by atoms with Gasteiger partial charge >= 0.3 is 0 Å². The van der Waals surface area contributed by atoms with Gasteiger partial charge in [0.05, 0.1) is 5.52 Å². The van der Waals surface area contributed by atoms with Gasteiger partial charge in [0, 0.05) is 41.5 Å². The summed E-state index contributed by atoms with van der Waals surface area (Å²) in [6.07, 6.45) is -0.361. The van der Waals surface area contributed by atoms with Crippen LogP contribution in [0.3, 0.4) is 0 Å². The lowest BCUT2D eigenvalue weighted by molar-refractivity contribution is 0.101. The van der Waals surface area contributed by atoms with Crippen molar-refractivity contribution in [2.45, 2.75) is 6.43 Å². The highest BCUT2D eigenvalue weighted by Crippen LogP contribution is 2.34. The van der Waals surface area contributed by atoms with Crippen LogP contribution in [0.15, 0.2) is 36.8 Å². The van der Waals surface area contributed by atoms with Crippen LogP contribution in [0.4, 0.5) is 23.4 Å². The molecule has 1 aromatic carbocycles. The van der Waals surface area contributed by atoms with E-state index in [1.54, 1.807) is 7.05 Å². The van der Waals surface area contributed by atoms with E-state index in [1.807, 2.05) is 0 Å². The van der Waals surface area contributed by atoms with Gasteiger partial charge in [-0.15, -0.1) is 0 Å². The Morgan fingerprint density at radius 1 is 1.14 bits per heavy atom. The molecule has 7 nitrogen and oxygen atoms in total. The molecule has 11 heteroatoms. The number of nitrogens with zero attached hydrogens (tertiary/aromatic N) is 4. The van der Waals surface area contributed by atoms with Gasteiger partial charge in [0.2, 0.25) is 5.82 Å². The number of anilines is 1. The SMILES string of the molecule is Cn1ncnc1C(=O)Nc1cc2[nH]c(-c3cc(F)c(F)cc3C(F)F)cc2cn1. The van der Waals surface area contributed by atoms with Gasteiger partial charge in [-0.3, -0.25) is 4.79 Å². The van der Waals surface area contributed by atoms with E-state index in [0.717, 1.165) is 0 Å². The predicted octanol–water partition coefficient (Wildman–Crippen LogP) is 3.83. The molecule has 0 atom stereocenters. The van der Waals surface area contributed by atoms with Crippen LogP contribution in [0.25, 0.3) is 22.2 Å². The molecular formula is C18H12F4N6O. The first kappa shape index (κ1) is 18.6. The zero-order valence-corrected chi connectivity index (χ0v) is 14.8. The highest BCUT2D eigenvalue weighted by atomic mass is 19.3. The van der Waals surface area contributed by atoms with Gasteiger partial charge in [-0.1, -0.05) is 0 Å². The van der Waals surface area contributed by atoms with Crippen molar-refractivity contribution in [3.63, 3.8) is 0 Å². The quantitative estimate of drug-likeness (QED) is 0.506. The second-order valence-electron chi connectivity index (χ2n) is 6.16. The summed E-state index contributed by atoms with van der Waals surface area (Å²) in [5.41, 5.74) is -0.194. The molecular weight excluding hydrogens is 392 g/mol. The first-order valence-corrected chi connectivity index (χ1v) is 8.25. The van der Waals surface area contributed by atoms with Crippen LogP contribution >= 0.6 is 0 Å². The van der Waals surface area contributed by atoms with Crippen molar-refractivity contribution in [2.75, 3.05) is 5.32 Å². The lowest BCUT2D eigenvalue weighted by Crippen LogP contribution is -2.18. The Balaban J connectivity index is 1.70. The summed E-state index contributed by atoms with van der Waals surface area (Å²) < 4.78 is 54.9. The van der Waals surface area contributed by atoms with Crippen LogP contribution in [0.2, 0.25) is 0 Å². The fourth-order valence-electron chi connectivity index (χ4n) is 2.89. The standard InChI is InChI=1S/C18H12F4N6O/c1-28-17(24-7-25-28)18(29)27-15-5-13-8(6-23-15)2-14(26-13)9-3-11(19)12(20)4-10(9)16(21)22/h2-7,16,26H,1H3,(H,23,27,29). The Labute approximate surface area is 160 Å². The lowest BCUT2D eigenvalue weighted by Gasteiger charge is -2.08. The number of aromatic nitrogens is 5. The van der Waals surface area contributed by atoms with Gasteiger partial charge in [-0.2, -0.15) is 5.10 Å². The number of nitrogens with one attached hydrogen (secondary N) is 2. The van der Waals surface area contributed by atoms with E-state index in [1.165, 1.54) is 29.3 Å². The molecule has 0 aliphatic carbocycles. The molecule has 0 spiro atoms. The summed E-state index contributed by atoms with van der Waals surface area (Å²) in [5, 5.41) is 6.88. The Bertz CT molecular complexity index is 1230. The number of aromatic amines is 1. The largest absolute Gasteiger partial charge is 0.354 e. The van der Waals surface area contributed by atoms with Gasteiger partial charge in [0.25, 0.3) is 12.3 Å². The van der Waals surface area contributed by atoms with Gasteiger partial charge in [-0.05, 0) is 18.2 Å². The van der Waals surface area contributed by atoms with E-state index in [4.69, 9.17) is 0 Å². The Kier molecular flexibility index (Phi) is 4.49. The van der Waals surface area contributed by atoms with Crippen molar-refractivity contribution < 1.29 is 22.4 Å². The molecule has 1 amide bonds. The van der Waals surface area contributed by atoms with Crippen molar-refractivity contribution in [1.29, 1.82) is 0 Å². The fourth-order valence-corrected chi connectivity index (χ4v) is 2.89. The maximum atomic E-state index is 13.6. The number of rotatable bonds is 4. The molecule has 3 aromatic heterocycles. The van der Waals surface area contributed by atoms with E-state index in [-0.39, 0.29) is 22.9 Å². The second kappa shape index (κ2) is 7.00. The van der Waals surface area contributed by atoms with Crippen LogP contribution in [0.1, 0.15) is 22.6 Å². The maximum absolute atomic E-state index is 13.6. The van der Waals surface area contributed by atoms with Crippen molar-refractivity contribution in [2.24, 2.45) is 7.05 Å². The minimum atomic E-state index is -2.99. The summed E-state index contributed by atoms with van der Waals surface area (Å²) in [4.78, 5) is 23.0. The first-order chi connectivity index (χ1) is 13.8. The Morgan fingerprint density at radius 2 is 1.90 bits per heavy atom. The third-order valence-electron chi connectivity index (χ3n) is 4.28. The molecule has 2 N–H and O–H groups in total. The van der Waals surface area contributed by atoms with Crippen LogP contribution in [-0.4, -0.2) is 30.6 Å². The molecule has 4 rings (SSSR count). The van der Waals surface area contributed by atoms with Crippen LogP contribution < -0.4 is 5.32 Å². The van der Waals surface area contributed by atoms with Gasteiger partial charge in [0.1, 0.15) is 12.1 Å². The number of alkyl halides is 2. The monoisotopic (exact) mass is 404 g/mol. The zero-order valence-electron chi connectivity index (χ0n) is 14.8. The summed E-state index contributed by atoms with van der Waals surface area (Å²) in [6, 6.07) is 4.15. The van der Waals surface area contributed by atoms with Crippen LogP contribution in [-0.2, 0) is 7.05 Å². The first-order valence-electron chi connectivity index (χ1n) is 8.25. The number of benzene rings is 1. The molecule has 3 heterocycles. The predicted molar refractivity (Wildman–Crippen MR) is 95.4 cm³/mol. The summed E-state index contributed by atoms with van der Waals surface area (Å²) in [7, 11) is 1.55. The molecule has 148 valence electrons. The Morgan fingerprint density at radius 3 is 2.59 bits per heavy atom. The normalized spacial score (nSPS) is 11.4. The highest BCUT2D eigenvalue weighted by Gasteiger charge is 2.20. The number of fused-ring (bicyclic) bond motifs is 1. The van der Waals surface area contributed by atoms with Gasteiger partial charge in [0.15, 0.2) is 11.6 Å². The minimum absolute atomic E-state index is 0.0717. The molecule has 0 aliphatic heterocycles. The molecule has 0 radical (unpaired) electrons. The number of carbonyl (C=O) groups excluding carboxylic acids is 1. The average molecular weight is 404 g/mol. The van der Waals surface area contributed by atoms with Crippen LogP contribution in [0.5, 0.6) is 0 Å². The number of amides is 1. The van der Waals surface area contributed by atoms with E-state index < -0.39 is 29.5 Å². The summed E-state index contributed by atoms with van der Waals surface area (Å²) in [6.45, 7) is 0. The number of H-pyrrole nitrogens is 1. The van der Waals surface area contributed by atoms with Crippen molar-refractivity contribution in [3.8, 4) is 11.3 Å². The second-order valence-corrected chi connectivity index (χ2v) is 6.16. The molecule has 0 saturated heterocycles. The third kappa shape index (κ3) is 3.42. The molecule has 29 heavy (non-hydrogen) atoms. The number of hydrogen-bond donors (Lipinski definition) is 2. The van der Waals surface area contributed by atoms with E-state index >= 15 is 0 Å². The third-order valence-corrected chi connectivity index (χ3v) is 4.28. The number of aryl methyl sites for hydroxylation is 1. The van der Waals surface area contributed by atoms with Gasteiger partial charge < -0.3 is 10.3 Å². The van der Waals surface area contributed by atoms with Gasteiger partial charge in [-0.25, -0.2) is 32.2 Å². The van der Waals surface area contributed by atoms with Crippen molar-refractivity contribution in [1.82, 2.24) is 24.7 Å². The molecule has 0 bridgehead atoms. The number of halogens is 4. The number of carbonyl (C=O) groups is 1. The molecule has 0 saturated carbocycles. The molecule has 0 unspecified atom stereocenters. The minimum Gasteiger partial charge on any atom is -0.354 e. The van der Waals surface area contributed by atoms with E-state index in [0.29, 0.717) is 23.0 Å². The van der Waals surface area contributed by atoms with Crippen molar-refractivity contribution >= 4 is 22.6 Å². The molecule has 0 fully saturated rings. The van der Waals surface area contributed by atoms with E-state index in [9.17, 15) is 22.4 Å². The summed E-state index contributed by atoms with van der Waals surface area (Å²) in [5.74, 6) is -2.88. The fraction of sp³-hybridized carbons (Fsp3) is 0.111. The maximum Gasteiger partial charge on any atom is 0.294 e. The Hall–Kier alpha value is -3.76. The van der Waals surface area contributed by atoms with E-state index in [2.05, 4.69) is 25.4 Å². The van der Waals surface area contributed by atoms with Crippen molar-refractivity contribution in [3.05, 3.63) is 59.8 Å². The molecule has 0 aliphatic rings. The number of hydrogen-bond acceptors (Lipinski definition) is 4. The van der Waals surface area contributed by atoms with Crippen LogP contribution in [0, 0.1) is 11.6 Å². The summed E-state index contributed by atoms with van der Waals surface area (Å²) >= 11 is 0. The zero-order chi connectivity index (χ0) is 20.7. The lowest BCUT2D eigenvalue weighted by atomic mass is 10.0. The smallest absolute Gasteiger partial charge is 0.294 e. The average Bonchev–Trinajstić information content (AvgIpc) is 3.29. The topological polar surface area (TPSA) is 88.5 Å².